The molecule has 1 unspecified atom stereocenters. The standard InChI is InChI=1S/C26H23F2N5O/c1-4-12-30-25-20-10-9-19(18-8-6-16(27)14-21(18)28)24(20)32-26(33-25)31-17-7-11-22(29-3)23(15-17)34-13-5-2/h4-8,11,14-15,19H,1-2,9-10,12-13H2,(H2,30,31,32,33). The molecule has 2 N–H and O–H groups in total. The van der Waals surface area contributed by atoms with E-state index in [0.717, 1.165) is 11.6 Å². The Morgan fingerprint density at radius 3 is 2.74 bits per heavy atom. The number of rotatable bonds is 9. The molecular formula is C26H23F2N5O. The van der Waals surface area contributed by atoms with Crippen LogP contribution in [0.3, 0.4) is 0 Å². The molecule has 1 heterocycles. The van der Waals surface area contributed by atoms with Gasteiger partial charge in [0.15, 0.2) is 0 Å². The van der Waals surface area contributed by atoms with Gasteiger partial charge < -0.3 is 15.4 Å². The van der Waals surface area contributed by atoms with Crippen molar-refractivity contribution in [3.63, 3.8) is 0 Å². The second-order valence-corrected chi connectivity index (χ2v) is 7.71. The quantitative estimate of drug-likeness (QED) is 0.291. The molecule has 0 saturated heterocycles. The largest absolute Gasteiger partial charge is 0.500 e. The minimum absolute atomic E-state index is 0.266. The van der Waals surface area contributed by atoms with E-state index in [1.165, 1.54) is 12.1 Å². The predicted molar refractivity (Wildman–Crippen MR) is 129 cm³/mol. The lowest BCUT2D eigenvalue weighted by atomic mass is 9.96. The van der Waals surface area contributed by atoms with Crippen molar-refractivity contribution in [2.75, 3.05) is 23.8 Å². The van der Waals surface area contributed by atoms with Gasteiger partial charge in [0.2, 0.25) is 11.6 Å². The summed E-state index contributed by atoms with van der Waals surface area (Å²) in [7, 11) is 0. The van der Waals surface area contributed by atoms with Gasteiger partial charge in [-0.1, -0.05) is 30.9 Å². The third kappa shape index (κ3) is 4.74. The van der Waals surface area contributed by atoms with E-state index >= 15 is 0 Å². The van der Waals surface area contributed by atoms with E-state index in [1.54, 1.807) is 30.4 Å². The first kappa shape index (κ1) is 22.9. The van der Waals surface area contributed by atoms with Gasteiger partial charge in [0, 0.05) is 29.8 Å². The van der Waals surface area contributed by atoms with Gasteiger partial charge >= 0.3 is 0 Å². The molecule has 1 aliphatic rings. The minimum atomic E-state index is -0.616. The lowest BCUT2D eigenvalue weighted by molar-refractivity contribution is 0.366. The number of ether oxygens (including phenoxy) is 1. The van der Waals surface area contributed by atoms with Gasteiger partial charge in [-0.2, -0.15) is 4.98 Å². The zero-order valence-corrected chi connectivity index (χ0v) is 18.4. The first-order valence-electron chi connectivity index (χ1n) is 10.8. The molecule has 3 aromatic rings. The van der Waals surface area contributed by atoms with Crippen molar-refractivity contribution in [1.29, 1.82) is 0 Å². The molecule has 0 amide bonds. The average molecular weight is 460 g/mol. The Bertz CT molecular complexity index is 1280. The third-order valence-electron chi connectivity index (χ3n) is 5.50. The van der Waals surface area contributed by atoms with Crippen LogP contribution in [0.5, 0.6) is 5.75 Å². The molecule has 0 spiro atoms. The van der Waals surface area contributed by atoms with E-state index in [0.29, 0.717) is 59.5 Å². The monoisotopic (exact) mass is 459 g/mol. The van der Waals surface area contributed by atoms with Gasteiger partial charge in [-0.05, 0) is 36.6 Å². The molecule has 8 heteroatoms. The van der Waals surface area contributed by atoms with Crippen LogP contribution in [0.25, 0.3) is 4.85 Å². The van der Waals surface area contributed by atoms with Gasteiger partial charge in [0.25, 0.3) is 0 Å². The Kier molecular flexibility index (Phi) is 6.83. The fourth-order valence-electron chi connectivity index (χ4n) is 4.00. The predicted octanol–water partition coefficient (Wildman–Crippen LogP) is 6.29. The van der Waals surface area contributed by atoms with Crippen LogP contribution in [0.4, 0.5) is 31.9 Å². The normalized spacial score (nSPS) is 14.1. The van der Waals surface area contributed by atoms with Crippen molar-refractivity contribution in [2.24, 2.45) is 0 Å². The molecule has 2 aromatic carbocycles. The molecule has 34 heavy (non-hydrogen) atoms. The smallest absolute Gasteiger partial charge is 0.229 e. The first-order valence-corrected chi connectivity index (χ1v) is 10.8. The highest BCUT2D eigenvalue weighted by Gasteiger charge is 2.31. The summed E-state index contributed by atoms with van der Waals surface area (Å²) in [4.78, 5) is 12.8. The Morgan fingerprint density at radius 2 is 2.00 bits per heavy atom. The molecule has 0 saturated carbocycles. The van der Waals surface area contributed by atoms with Crippen LogP contribution in [0, 0.1) is 18.2 Å². The SMILES string of the molecule is [C-]#[N+]c1ccc(Nc2nc(NCC=C)c3c(n2)C(c2ccc(F)cc2F)CC3)cc1OCC=C. The number of nitrogens with one attached hydrogen (secondary N) is 2. The second kappa shape index (κ2) is 10.1. The lowest BCUT2D eigenvalue weighted by Gasteiger charge is -2.16. The molecule has 0 aliphatic heterocycles. The topological polar surface area (TPSA) is 63.4 Å². The number of fused-ring (bicyclic) bond motifs is 1. The fourth-order valence-corrected chi connectivity index (χ4v) is 4.00. The molecule has 0 bridgehead atoms. The molecule has 0 fully saturated rings. The van der Waals surface area contributed by atoms with Crippen molar-refractivity contribution >= 4 is 23.1 Å². The highest BCUT2D eigenvalue weighted by atomic mass is 19.1. The van der Waals surface area contributed by atoms with Crippen molar-refractivity contribution < 1.29 is 13.5 Å². The van der Waals surface area contributed by atoms with Gasteiger partial charge in [0.1, 0.15) is 29.8 Å². The summed E-state index contributed by atoms with van der Waals surface area (Å²) in [5.41, 5.74) is 3.00. The van der Waals surface area contributed by atoms with Gasteiger partial charge in [-0.15, -0.1) is 6.58 Å². The van der Waals surface area contributed by atoms with Crippen LogP contribution in [0.1, 0.15) is 29.2 Å². The van der Waals surface area contributed by atoms with Crippen LogP contribution >= 0.6 is 0 Å². The summed E-state index contributed by atoms with van der Waals surface area (Å²) in [6.45, 7) is 15.5. The van der Waals surface area contributed by atoms with Crippen LogP contribution in [0.2, 0.25) is 0 Å². The van der Waals surface area contributed by atoms with Crippen LogP contribution in [0.15, 0.2) is 61.7 Å². The molecular weight excluding hydrogens is 436 g/mol. The van der Waals surface area contributed by atoms with Crippen LogP contribution < -0.4 is 15.4 Å². The number of hydrogen-bond acceptors (Lipinski definition) is 5. The van der Waals surface area contributed by atoms with E-state index in [4.69, 9.17) is 16.3 Å². The zero-order chi connectivity index (χ0) is 24.1. The molecule has 172 valence electrons. The Morgan fingerprint density at radius 1 is 1.15 bits per heavy atom. The van der Waals surface area contributed by atoms with Crippen molar-refractivity contribution in [3.05, 3.63) is 102 Å². The highest BCUT2D eigenvalue weighted by molar-refractivity contribution is 5.68. The van der Waals surface area contributed by atoms with E-state index < -0.39 is 11.6 Å². The zero-order valence-electron chi connectivity index (χ0n) is 18.4. The third-order valence-corrected chi connectivity index (χ3v) is 5.50. The molecule has 0 radical (unpaired) electrons. The second-order valence-electron chi connectivity index (χ2n) is 7.71. The van der Waals surface area contributed by atoms with Crippen molar-refractivity contribution in [3.8, 4) is 5.75 Å². The Hall–Kier alpha value is -4.25. The summed E-state index contributed by atoms with van der Waals surface area (Å²) in [6, 6.07) is 8.71. The minimum Gasteiger partial charge on any atom is -0.500 e. The number of anilines is 3. The summed E-state index contributed by atoms with van der Waals surface area (Å²) >= 11 is 0. The maximum Gasteiger partial charge on any atom is 0.229 e. The van der Waals surface area contributed by atoms with Gasteiger partial charge in [-0.3, -0.25) is 0 Å². The van der Waals surface area contributed by atoms with E-state index in [-0.39, 0.29) is 12.5 Å². The van der Waals surface area contributed by atoms with Crippen molar-refractivity contribution in [2.45, 2.75) is 18.8 Å². The first-order chi connectivity index (χ1) is 16.5. The highest BCUT2D eigenvalue weighted by Crippen LogP contribution is 2.41. The number of halogens is 2. The number of hydrogen-bond donors (Lipinski definition) is 2. The lowest BCUT2D eigenvalue weighted by Crippen LogP contribution is -2.10. The fraction of sp³-hybridized carbons (Fsp3) is 0.192. The maximum absolute atomic E-state index is 14.6. The van der Waals surface area contributed by atoms with Gasteiger partial charge in [0.05, 0.1) is 12.3 Å². The molecule has 1 aliphatic carbocycles. The number of nitrogens with zero attached hydrogens (tertiary/aromatic N) is 3. The molecule has 1 atom stereocenters. The van der Waals surface area contributed by atoms with E-state index in [9.17, 15) is 8.78 Å². The summed E-state index contributed by atoms with van der Waals surface area (Å²) in [5.74, 6) is -0.166. The van der Waals surface area contributed by atoms with E-state index in [2.05, 4.69) is 33.6 Å². The number of aromatic nitrogens is 2. The molecule has 1 aromatic heterocycles. The van der Waals surface area contributed by atoms with Gasteiger partial charge in [-0.25, -0.2) is 18.6 Å². The summed E-state index contributed by atoms with van der Waals surface area (Å²) in [6.07, 6.45) is 4.62. The van der Waals surface area contributed by atoms with Crippen LogP contribution in [-0.4, -0.2) is 23.1 Å². The van der Waals surface area contributed by atoms with Crippen LogP contribution in [-0.2, 0) is 6.42 Å². The summed E-state index contributed by atoms with van der Waals surface area (Å²) < 4.78 is 33.7. The maximum atomic E-state index is 14.6. The summed E-state index contributed by atoms with van der Waals surface area (Å²) in [5, 5.41) is 6.40. The van der Waals surface area contributed by atoms with Crippen molar-refractivity contribution in [1.82, 2.24) is 9.97 Å². The van der Waals surface area contributed by atoms with E-state index in [1.807, 2.05) is 0 Å². The average Bonchev–Trinajstić information content (AvgIpc) is 3.25. The Labute approximate surface area is 196 Å². The molecule has 4 rings (SSSR count). The Balaban J connectivity index is 1.72. The molecule has 6 nitrogen and oxygen atoms in total. The number of benzene rings is 2.